The van der Waals surface area contributed by atoms with E-state index in [1.807, 2.05) is 41.2 Å². The predicted molar refractivity (Wildman–Crippen MR) is 107 cm³/mol. The van der Waals surface area contributed by atoms with E-state index in [2.05, 4.69) is 40.5 Å². The number of piperidine rings is 1. The van der Waals surface area contributed by atoms with Gasteiger partial charge in [-0.2, -0.15) is 5.10 Å². The topological polar surface area (TPSA) is 21.1 Å². The zero-order valence-electron chi connectivity index (χ0n) is 14.9. The summed E-state index contributed by atoms with van der Waals surface area (Å²) in [5.41, 5.74) is 3.79. The second-order valence-electron chi connectivity index (χ2n) is 7.18. The predicted octanol–water partition coefficient (Wildman–Crippen LogP) is 4.98. The second-order valence-corrected chi connectivity index (χ2v) is 7.62. The van der Waals surface area contributed by atoms with Crippen LogP contribution >= 0.6 is 11.6 Å². The number of rotatable bonds is 5. The molecule has 0 N–H and O–H groups in total. The van der Waals surface area contributed by atoms with Crippen molar-refractivity contribution in [3.05, 3.63) is 83.1 Å². The van der Waals surface area contributed by atoms with Crippen LogP contribution in [0.15, 0.2) is 67.0 Å². The first-order valence-electron chi connectivity index (χ1n) is 9.32. The molecule has 1 aliphatic rings. The molecule has 1 aliphatic heterocycles. The Morgan fingerprint density at radius 2 is 1.65 bits per heavy atom. The maximum absolute atomic E-state index is 5.98. The fourth-order valence-electron chi connectivity index (χ4n) is 3.72. The fraction of sp³-hybridized carbons (Fsp3) is 0.318. The molecule has 26 heavy (non-hydrogen) atoms. The van der Waals surface area contributed by atoms with Crippen LogP contribution in [0.4, 0.5) is 0 Å². The highest BCUT2D eigenvalue weighted by molar-refractivity contribution is 6.30. The van der Waals surface area contributed by atoms with Crippen molar-refractivity contribution < 1.29 is 0 Å². The van der Waals surface area contributed by atoms with Gasteiger partial charge in [0.2, 0.25) is 0 Å². The Morgan fingerprint density at radius 3 is 2.38 bits per heavy atom. The summed E-state index contributed by atoms with van der Waals surface area (Å²) in [6.45, 7) is 3.31. The number of hydrogen-bond donors (Lipinski definition) is 0. The Hall–Kier alpha value is -2.10. The van der Waals surface area contributed by atoms with Crippen molar-refractivity contribution in [1.29, 1.82) is 0 Å². The van der Waals surface area contributed by atoms with Crippen molar-refractivity contribution in [3.63, 3.8) is 0 Å². The Balaban J connectivity index is 1.29. The number of para-hydroxylation sites is 1. The Bertz CT molecular complexity index is 818. The molecular weight excluding hydrogens is 342 g/mol. The minimum absolute atomic E-state index is 0.777. The van der Waals surface area contributed by atoms with Gasteiger partial charge in [0.05, 0.1) is 11.9 Å². The van der Waals surface area contributed by atoms with E-state index in [0.29, 0.717) is 0 Å². The second kappa shape index (κ2) is 8.07. The minimum Gasteiger partial charge on any atom is -0.299 e. The van der Waals surface area contributed by atoms with E-state index in [4.69, 9.17) is 11.6 Å². The molecule has 134 valence electrons. The normalized spacial score (nSPS) is 16.0. The van der Waals surface area contributed by atoms with E-state index < -0.39 is 0 Å². The number of halogens is 1. The van der Waals surface area contributed by atoms with Gasteiger partial charge in [0.1, 0.15) is 0 Å². The largest absolute Gasteiger partial charge is 0.299 e. The van der Waals surface area contributed by atoms with Gasteiger partial charge < -0.3 is 0 Å². The number of aromatic nitrogens is 2. The van der Waals surface area contributed by atoms with Crippen LogP contribution in [0.25, 0.3) is 5.69 Å². The molecule has 4 rings (SSSR count). The number of benzene rings is 2. The molecule has 0 aliphatic carbocycles. The van der Waals surface area contributed by atoms with Crippen LogP contribution in [0.2, 0.25) is 5.02 Å². The molecule has 0 spiro atoms. The van der Waals surface area contributed by atoms with Gasteiger partial charge in [-0.05, 0) is 68.1 Å². The van der Waals surface area contributed by atoms with Crippen molar-refractivity contribution in [2.45, 2.75) is 25.8 Å². The lowest BCUT2D eigenvalue weighted by Crippen LogP contribution is -2.33. The highest BCUT2D eigenvalue weighted by Crippen LogP contribution is 2.23. The number of likely N-dealkylation sites (tertiary alicyclic amines) is 1. The third-order valence-electron chi connectivity index (χ3n) is 5.21. The zero-order valence-corrected chi connectivity index (χ0v) is 15.6. The average Bonchev–Trinajstić information content (AvgIpc) is 3.14. The molecule has 0 bridgehead atoms. The monoisotopic (exact) mass is 365 g/mol. The molecule has 4 heteroatoms. The molecule has 0 radical (unpaired) electrons. The molecule has 0 unspecified atom stereocenters. The van der Waals surface area contributed by atoms with Gasteiger partial charge >= 0.3 is 0 Å². The Kier molecular flexibility index (Phi) is 5.37. The summed E-state index contributed by atoms with van der Waals surface area (Å²) in [4.78, 5) is 2.55. The van der Waals surface area contributed by atoms with Gasteiger partial charge in [0.25, 0.3) is 0 Å². The van der Waals surface area contributed by atoms with E-state index in [1.165, 1.54) is 24.0 Å². The molecule has 1 fully saturated rings. The molecule has 3 nitrogen and oxygen atoms in total. The van der Waals surface area contributed by atoms with Crippen molar-refractivity contribution >= 4 is 11.6 Å². The maximum atomic E-state index is 5.98. The first kappa shape index (κ1) is 17.3. The molecule has 1 saturated heterocycles. The molecule has 1 aromatic heterocycles. The van der Waals surface area contributed by atoms with Gasteiger partial charge in [-0.15, -0.1) is 0 Å². The van der Waals surface area contributed by atoms with Crippen LogP contribution in [-0.4, -0.2) is 27.8 Å². The standard InChI is InChI=1S/C22H24ClN3/c23-21-8-6-18(7-9-21)14-19-10-12-25(13-11-19)16-20-15-24-26(17-20)22-4-2-1-3-5-22/h1-9,15,17,19H,10-14,16H2. The van der Waals surface area contributed by atoms with Crippen molar-refractivity contribution in [3.8, 4) is 5.69 Å². The summed E-state index contributed by atoms with van der Waals surface area (Å²) >= 11 is 5.98. The smallest absolute Gasteiger partial charge is 0.0645 e. The molecule has 0 amide bonds. The van der Waals surface area contributed by atoms with Gasteiger partial charge in [-0.25, -0.2) is 4.68 Å². The van der Waals surface area contributed by atoms with Gasteiger partial charge in [-0.3, -0.25) is 4.90 Å². The van der Waals surface area contributed by atoms with Crippen LogP contribution in [-0.2, 0) is 13.0 Å². The van der Waals surface area contributed by atoms with Crippen LogP contribution in [0.3, 0.4) is 0 Å². The summed E-state index contributed by atoms with van der Waals surface area (Å²) in [7, 11) is 0. The van der Waals surface area contributed by atoms with Crippen LogP contribution in [0.1, 0.15) is 24.0 Å². The molecule has 2 aromatic carbocycles. The summed E-state index contributed by atoms with van der Waals surface area (Å²) in [6.07, 6.45) is 7.82. The molecule has 3 aromatic rings. The van der Waals surface area contributed by atoms with Gasteiger partial charge in [0.15, 0.2) is 0 Å². The lowest BCUT2D eigenvalue weighted by molar-refractivity contribution is 0.177. The van der Waals surface area contributed by atoms with Gasteiger partial charge in [0, 0.05) is 23.3 Å². The van der Waals surface area contributed by atoms with E-state index in [-0.39, 0.29) is 0 Å². The summed E-state index contributed by atoms with van der Waals surface area (Å²) in [5.74, 6) is 0.777. The third-order valence-corrected chi connectivity index (χ3v) is 5.46. The van der Waals surface area contributed by atoms with Crippen molar-refractivity contribution in [2.75, 3.05) is 13.1 Å². The Labute approximate surface area is 160 Å². The molecule has 2 heterocycles. The van der Waals surface area contributed by atoms with E-state index in [0.717, 1.165) is 42.7 Å². The van der Waals surface area contributed by atoms with Gasteiger partial charge in [-0.1, -0.05) is 41.9 Å². The fourth-order valence-corrected chi connectivity index (χ4v) is 3.85. The van der Waals surface area contributed by atoms with Crippen LogP contribution in [0, 0.1) is 5.92 Å². The summed E-state index contributed by atoms with van der Waals surface area (Å²) < 4.78 is 1.96. The van der Waals surface area contributed by atoms with Crippen LogP contribution < -0.4 is 0 Å². The highest BCUT2D eigenvalue weighted by atomic mass is 35.5. The quantitative estimate of drug-likeness (QED) is 0.635. The van der Waals surface area contributed by atoms with Crippen molar-refractivity contribution in [1.82, 2.24) is 14.7 Å². The minimum atomic E-state index is 0.777. The Morgan fingerprint density at radius 1 is 0.923 bits per heavy atom. The summed E-state index contributed by atoms with van der Waals surface area (Å²) in [5, 5.41) is 5.33. The molecule has 0 saturated carbocycles. The van der Waals surface area contributed by atoms with E-state index in [9.17, 15) is 0 Å². The average molecular weight is 366 g/mol. The first-order chi connectivity index (χ1) is 12.8. The first-order valence-corrected chi connectivity index (χ1v) is 9.70. The van der Waals surface area contributed by atoms with Crippen molar-refractivity contribution in [2.24, 2.45) is 5.92 Å². The number of hydrogen-bond acceptors (Lipinski definition) is 2. The van der Waals surface area contributed by atoms with E-state index in [1.54, 1.807) is 0 Å². The number of nitrogens with zero attached hydrogens (tertiary/aromatic N) is 3. The molecule has 0 atom stereocenters. The summed E-state index contributed by atoms with van der Waals surface area (Å²) in [6, 6.07) is 18.6. The zero-order chi connectivity index (χ0) is 17.8. The maximum Gasteiger partial charge on any atom is 0.0645 e. The van der Waals surface area contributed by atoms with Crippen LogP contribution in [0.5, 0.6) is 0 Å². The lowest BCUT2D eigenvalue weighted by Gasteiger charge is -2.31. The molecular formula is C22H24ClN3. The highest BCUT2D eigenvalue weighted by Gasteiger charge is 2.20. The van der Waals surface area contributed by atoms with E-state index >= 15 is 0 Å². The third kappa shape index (κ3) is 4.35. The lowest BCUT2D eigenvalue weighted by atomic mass is 9.90. The SMILES string of the molecule is Clc1ccc(CC2CCN(Cc3cnn(-c4ccccc4)c3)CC2)cc1.